The van der Waals surface area contributed by atoms with Crippen LogP contribution in [-0.4, -0.2) is 21.7 Å². The summed E-state index contributed by atoms with van der Waals surface area (Å²) in [6.07, 6.45) is 4.63. The van der Waals surface area contributed by atoms with Gasteiger partial charge in [-0.25, -0.2) is 4.98 Å². The van der Waals surface area contributed by atoms with E-state index >= 15 is 0 Å². The lowest BCUT2D eigenvalue weighted by Crippen LogP contribution is -2.13. The number of aliphatic hydroxyl groups is 1. The van der Waals surface area contributed by atoms with Gasteiger partial charge in [0.05, 0.1) is 6.61 Å². The van der Waals surface area contributed by atoms with E-state index in [4.69, 9.17) is 4.74 Å². The van der Waals surface area contributed by atoms with Gasteiger partial charge in [0.15, 0.2) is 0 Å². The van der Waals surface area contributed by atoms with E-state index in [0.717, 1.165) is 30.8 Å². The van der Waals surface area contributed by atoms with Crippen LogP contribution in [0.25, 0.3) is 0 Å². The zero-order valence-electron chi connectivity index (χ0n) is 9.39. The Hall–Kier alpha value is -1.81. The van der Waals surface area contributed by atoms with E-state index in [-0.39, 0.29) is 0 Å². The average molecular weight is 230 g/mol. The molecule has 2 heterocycles. The topological polar surface area (TPSA) is 58.1 Å². The normalized spacial score (nSPS) is 16.1. The number of aryl methyl sites for hydroxylation is 1. The number of aliphatic hydroxyl groups excluding tert-OH is 1. The maximum absolute atomic E-state index is 10.3. The molecule has 0 radical (unpaired) electrons. The number of nitrogens with one attached hydrogen (secondary N) is 1. The van der Waals surface area contributed by atoms with Crippen molar-refractivity contribution in [3.8, 4) is 5.75 Å². The molecule has 1 aliphatic heterocycles. The smallest absolute Gasteiger partial charge is 0.140 e. The Balaban J connectivity index is 2.03. The average Bonchev–Trinajstić information content (AvgIpc) is 2.91. The number of nitrogens with zero attached hydrogens (tertiary/aromatic N) is 1. The summed E-state index contributed by atoms with van der Waals surface area (Å²) in [5, 5.41) is 10.3. The van der Waals surface area contributed by atoms with E-state index in [1.165, 1.54) is 5.56 Å². The van der Waals surface area contributed by atoms with E-state index in [1.54, 1.807) is 12.4 Å². The van der Waals surface area contributed by atoms with Crippen LogP contribution in [-0.2, 0) is 6.42 Å². The first-order chi connectivity index (χ1) is 8.36. The summed E-state index contributed by atoms with van der Waals surface area (Å²) < 4.78 is 5.67. The molecule has 4 nitrogen and oxygen atoms in total. The molecular formula is C13H14N2O2. The second-order valence-corrected chi connectivity index (χ2v) is 4.16. The van der Waals surface area contributed by atoms with Crippen molar-refractivity contribution in [2.24, 2.45) is 0 Å². The predicted molar refractivity (Wildman–Crippen MR) is 62.9 cm³/mol. The Labute approximate surface area is 99.3 Å². The molecule has 0 aliphatic carbocycles. The third-order valence-corrected chi connectivity index (χ3v) is 3.04. The van der Waals surface area contributed by atoms with Crippen LogP contribution in [0.1, 0.15) is 29.5 Å². The fourth-order valence-electron chi connectivity index (χ4n) is 2.20. The summed E-state index contributed by atoms with van der Waals surface area (Å²) in [6.45, 7) is 0.717. The van der Waals surface area contributed by atoms with Gasteiger partial charge in [0.25, 0.3) is 0 Å². The third kappa shape index (κ3) is 1.80. The molecular weight excluding hydrogens is 216 g/mol. The van der Waals surface area contributed by atoms with Crippen LogP contribution < -0.4 is 4.74 Å². The van der Waals surface area contributed by atoms with Crippen molar-refractivity contribution in [1.29, 1.82) is 0 Å². The quantitative estimate of drug-likeness (QED) is 0.827. The number of ether oxygens (including phenoxy) is 1. The van der Waals surface area contributed by atoms with Crippen molar-refractivity contribution < 1.29 is 9.84 Å². The van der Waals surface area contributed by atoms with Gasteiger partial charge < -0.3 is 14.8 Å². The largest absolute Gasteiger partial charge is 0.493 e. The molecule has 1 aromatic carbocycles. The number of hydrogen-bond acceptors (Lipinski definition) is 3. The summed E-state index contributed by atoms with van der Waals surface area (Å²) in [4.78, 5) is 7.01. The number of para-hydroxylation sites is 1. The molecule has 0 bridgehead atoms. The van der Waals surface area contributed by atoms with E-state index in [0.29, 0.717) is 5.82 Å². The number of fused-ring (bicyclic) bond motifs is 1. The molecule has 3 rings (SSSR count). The molecule has 1 unspecified atom stereocenters. The molecule has 0 saturated heterocycles. The zero-order valence-corrected chi connectivity index (χ0v) is 9.39. The minimum absolute atomic E-state index is 0.549. The van der Waals surface area contributed by atoms with Gasteiger partial charge >= 0.3 is 0 Å². The Morgan fingerprint density at radius 1 is 1.41 bits per heavy atom. The lowest BCUT2D eigenvalue weighted by Gasteiger charge is -2.22. The Kier molecular flexibility index (Phi) is 2.57. The van der Waals surface area contributed by atoms with Crippen molar-refractivity contribution in [3.63, 3.8) is 0 Å². The van der Waals surface area contributed by atoms with Crippen molar-refractivity contribution >= 4 is 0 Å². The number of rotatable bonds is 2. The molecule has 88 valence electrons. The van der Waals surface area contributed by atoms with E-state index in [9.17, 15) is 5.11 Å². The number of imidazole rings is 1. The van der Waals surface area contributed by atoms with E-state index in [1.807, 2.05) is 18.2 Å². The van der Waals surface area contributed by atoms with Crippen LogP contribution in [0.5, 0.6) is 5.75 Å². The van der Waals surface area contributed by atoms with Crippen LogP contribution in [0.15, 0.2) is 30.6 Å². The monoisotopic (exact) mass is 230 g/mol. The summed E-state index contributed by atoms with van der Waals surface area (Å²) in [5.41, 5.74) is 1.96. The molecule has 2 N–H and O–H groups in total. The predicted octanol–water partition coefficient (Wildman–Crippen LogP) is 1.82. The standard InChI is InChI=1S/C13H14N2O2/c16-11(13-14-6-7-15-13)10-5-1-3-9-4-2-8-17-12(9)10/h1,3,5-7,11,16H,2,4,8H2,(H,14,15). The van der Waals surface area contributed by atoms with Gasteiger partial charge in [-0.05, 0) is 18.4 Å². The highest BCUT2D eigenvalue weighted by Gasteiger charge is 2.21. The maximum atomic E-state index is 10.3. The van der Waals surface area contributed by atoms with E-state index < -0.39 is 6.10 Å². The molecule has 1 aromatic heterocycles. The molecule has 0 saturated carbocycles. The lowest BCUT2D eigenvalue weighted by molar-refractivity contribution is 0.199. The van der Waals surface area contributed by atoms with Crippen LogP contribution in [0.4, 0.5) is 0 Å². The van der Waals surface area contributed by atoms with Crippen LogP contribution in [0.2, 0.25) is 0 Å². The van der Waals surface area contributed by atoms with Gasteiger partial charge in [-0.3, -0.25) is 0 Å². The van der Waals surface area contributed by atoms with Crippen LogP contribution >= 0.6 is 0 Å². The first-order valence-corrected chi connectivity index (χ1v) is 5.78. The number of hydrogen-bond donors (Lipinski definition) is 2. The molecule has 4 heteroatoms. The summed E-state index contributed by atoms with van der Waals surface area (Å²) in [7, 11) is 0. The van der Waals surface area contributed by atoms with Crippen molar-refractivity contribution in [2.75, 3.05) is 6.61 Å². The van der Waals surface area contributed by atoms with Gasteiger partial charge in [0.2, 0.25) is 0 Å². The number of benzene rings is 1. The highest BCUT2D eigenvalue weighted by molar-refractivity contribution is 5.45. The molecule has 17 heavy (non-hydrogen) atoms. The fourth-order valence-corrected chi connectivity index (χ4v) is 2.20. The molecule has 0 amide bonds. The van der Waals surface area contributed by atoms with Crippen molar-refractivity contribution in [3.05, 3.63) is 47.5 Å². The van der Waals surface area contributed by atoms with Gasteiger partial charge in [-0.15, -0.1) is 0 Å². The molecule has 2 aromatic rings. The molecule has 1 aliphatic rings. The van der Waals surface area contributed by atoms with Crippen LogP contribution in [0, 0.1) is 0 Å². The van der Waals surface area contributed by atoms with Gasteiger partial charge in [0.1, 0.15) is 17.7 Å². The van der Waals surface area contributed by atoms with Crippen molar-refractivity contribution in [2.45, 2.75) is 18.9 Å². The summed E-state index contributed by atoms with van der Waals surface area (Å²) >= 11 is 0. The minimum Gasteiger partial charge on any atom is -0.493 e. The summed E-state index contributed by atoms with van der Waals surface area (Å²) in [5.74, 6) is 1.37. The number of aromatic amines is 1. The fraction of sp³-hybridized carbons (Fsp3) is 0.308. The molecule has 1 atom stereocenters. The second kappa shape index (κ2) is 4.22. The number of aromatic nitrogens is 2. The Morgan fingerprint density at radius 3 is 3.18 bits per heavy atom. The maximum Gasteiger partial charge on any atom is 0.140 e. The highest BCUT2D eigenvalue weighted by Crippen LogP contribution is 2.34. The first kappa shape index (κ1) is 10.4. The Morgan fingerprint density at radius 2 is 2.35 bits per heavy atom. The molecule has 0 spiro atoms. The van der Waals surface area contributed by atoms with Gasteiger partial charge in [0, 0.05) is 18.0 Å². The summed E-state index contributed by atoms with van der Waals surface area (Å²) in [6, 6.07) is 5.89. The van der Waals surface area contributed by atoms with Gasteiger partial charge in [-0.1, -0.05) is 18.2 Å². The van der Waals surface area contributed by atoms with Gasteiger partial charge in [-0.2, -0.15) is 0 Å². The SMILES string of the molecule is OC(c1ncc[nH]1)c1cccc2c1OCCC2. The first-order valence-electron chi connectivity index (χ1n) is 5.78. The van der Waals surface area contributed by atoms with Crippen molar-refractivity contribution in [1.82, 2.24) is 9.97 Å². The van der Waals surface area contributed by atoms with Crippen LogP contribution in [0.3, 0.4) is 0 Å². The third-order valence-electron chi connectivity index (χ3n) is 3.04. The molecule has 0 fully saturated rings. The minimum atomic E-state index is -0.752. The highest BCUT2D eigenvalue weighted by atomic mass is 16.5. The second-order valence-electron chi connectivity index (χ2n) is 4.16. The van der Waals surface area contributed by atoms with E-state index in [2.05, 4.69) is 9.97 Å². The number of H-pyrrole nitrogens is 1. The Bertz CT molecular complexity index is 508. The lowest BCUT2D eigenvalue weighted by atomic mass is 9.99. The zero-order chi connectivity index (χ0) is 11.7.